The number of rotatable bonds is 8. The first-order valence-electron chi connectivity index (χ1n) is 6.70. The number of hydrogen-bond acceptors (Lipinski definition) is 3. The van der Waals surface area contributed by atoms with Crippen molar-refractivity contribution in [2.24, 2.45) is 0 Å². The highest BCUT2D eigenvalue weighted by Crippen LogP contribution is 2.21. The molecule has 116 valence electrons. The summed E-state index contributed by atoms with van der Waals surface area (Å²) in [6.45, 7) is 3.87. The normalized spacial score (nSPS) is 10.2. The summed E-state index contributed by atoms with van der Waals surface area (Å²) >= 11 is 3.15. The van der Waals surface area contributed by atoms with Gasteiger partial charge in [-0.1, -0.05) is 6.92 Å². The van der Waals surface area contributed by atoms with E-state index in [0.717, 1.165) is 19.4 Å². The molecule has 21 heavy (non-hydrogen) atoms. The van der Waals surface area contributed by atoms with E-state index in [-0.39, 0.29) is 11.6 Å². The number of hydrogen-bond donors (Lipinski definition) is 3. The Kier molecular flexibility index (Phi) is 7.78. The highest BCUT2D eigenvalue weighted by atomic mass is 79.9. The fourth-order valence-corrected chi connectivity index (χ4v) is 1.98. The van der Waals surface area contributed by atoms with Crippen LogP contribution in [0.1, 0.15) is 30.1 Å². The average Bonchev–Trinajstić information content (AvgIpc) is 2.44. The van der Waals surface area contributed by atoms with Crippen molar-refractivity contribution >= 4 is 33.6 Å². The second-order valence-electron chi connectivity index (χ2n) is 4.35. The average molecular weight is 359 g/mol. The topological polar surface area (TPSA) is 87.7 Å². The Morgan fingerprint density at radius 1 is 1.33 bits per heavy atom. The van der Waals surface area contributed by atoms with Gasteiger partial charge in [0.2, 0.25) is 0 Å². The van der Waals surface area contributed by atoms with Crippen molar-refractivity contribution < 1.29 is 19.4 Å². The van der Waals surface area contributed by atoms with Crippen LogP contribution in [0.2, 0.25) is 0 Å². The maximum atomic E-state index is 11.6. The van der Waals surface area contributed by atoms with E-state index in [0.29, 0.717) is 23.3 Å². The van der Waals surface area contributed by atoms with Crippen molar-refractivity contribution in [2.75, 3.05) is 25.1 Å². The number of halogens is 1. The first-order chi connectivity index (χ1) is 10.0. The smallest absolute Gasteiger partial charge is 0.336 e. The van der Waals surface area contributed by atoms with E-state index in [2.05, 4.69) is 26.6 Å². The maximum absolute atomic E-state index is 11.6. The number of urea groups is 1. The van der Waals surface area contributed by atoms with Gasteiger partial charge in [-0.3, -0.25) is 0 Å². The van der Waals surface area contributed by atoms with Crippen LogP contribution < -0.4 is 10.6 Å². The highest BCUT2D eigenvalue weighted by molar-refractivity contribution is 9.10. The summed E-state index contributed by atoms with van der Waals surface area (Å²) in [6.07, 6.45) is 1.71. The summed E-state index contributed by atoms with van der Waals surface area (Å²) in [5.41, 5.74) is 0.524. The van der Waals surface area contributed by atoms with Crippen LogP contribution in [0.15, 0.2) is 22.7 Å². The lowest BCUT2D eigenvalue weighted by Gasteiger charge is -2.09. The molecule has 0 saturated heterocycles. The third-order valence-electron chi connectivity index (χ3n) is 2.55. The number of carboxylic acid groups (broad SMARTS) is 1. The lowest BCUT2D eigenvalue weighted by Crippen LogP contribution is -2.30. The van der Waals surface area contributed by atoms with Crippen molar-refractivity contribution in [3.05, 3.63) is 28.2 Å². The van der Waals surface area contributed by atoms with Crippen molar-refractivity contribution in [1.82, 2.24) is 5.32 Å². The van der Waals surface area contributed by atoms with Crippen molar-refractivity contribution in [3.8, 4) is 0 Å². The molecule has 0 unspecified atom stereocenters. The number of carboxylic acids is 1. The quantitative estimate of drug-likeness (QED) is 0.623. The van der Waals surface area contributed by atoms with Crippen LogP contribution in [0.3, 0.4) is 0 Å². The number of carbonyl (C=O) groups excluding carboxylic acids is 1. The Morgan fingerprint density at radius 2 is 2.10 bits per heavy atom. The molecule has 1 aromatic rings. The Bertz CT molecular complexity index is 494. The van der Waals surface area contributed by atoms with Crippen LogP contribution >= 0.6 is 15.9 Å². The molecule has 6 nitrogen and oxygen atoms in total. The zero-order chi connectivity index (χ0) is 15.7. The number of benzene rings is 1. The number of anilines is 1. The molecular formula is C14H19BrN2O4. The second-order valence-corrected chi connectivity index (χ2v) is 5.20. The third kappa shape index (κ3) is 6.59. The first kappa shape index (κ1) is 17.5. The van der Waals surface area contributed by atoms with Gasteiger partial charge in [0.05, 0.1) is 5.56 Å². The van der Waals surface area contributed by atoms with Crippen LogP contribution in [0.5, 0.6) is 0 Å². The van der Waals surface area contributed by atoms with Crippen LogP contribution in [0.25, 0.3) is 0 Å². The molecule has 0 saturated carbocycles. The fraction of sp³-hybridized carbons (Fsp3) is 0.429. The Hall–Kier alpha value is -1.60. The zero-order valence-electron chi connectivity index (χ0n) is 11.8. The number of ether oxygens (including phenoxy) is 1. The SMILES string of the molecule is CCCOCCCNC(=O)Nc1ccc(Br)c(C(=O)O)c1. The molecule has 0 atom stereocenters. The molecule has 0 radical (unpaired) electrons. The van der Waals surface area contributed by atoms with Crippen molar-refractivity contribution in [3.63, 3.8) is 0 Å². The fourth-order valence-electron chi connectivity index (χ4n) is 1.56. The van der Waals surface area contributed by atoms with Gasteiger partial charge in [0.1, 0.15) is 0 Å². The molecule has 0 aliphatic rings. The minimum atomic E-state index is -1.06. The molecule has 2 amide bonds. The van der Waals surface area contributed by atoms with Gasteiger partial charge in [-0.2, -0.15) is 0 Å². The minimum Gasteiger partial charge on any atom is -0.478 e. The lowest BCUT2D eigenvalue weighted by atomic mass is 10.2. The van der Waals surface area contributed by atoms with Crippen LogP contribution in [0, 0.1) is 0 Å². The van der Waals surface area contributed by atoms with Gasteiger partial charge in [0.15, 0.2) is 0 Å². The molecule has 0 aromatic heterocycles. The van der Waals surface area contributed by atoms with Gasteiger partial charge < -0.3 is 20.5 Å². The third-order valence-corrected chi connectivity index (χ3v) is 3.25. The van der Waals surface area contributed by atoms with Gasteiger partial charge in [0, 0.05) is 29.9 Å². The predicted molar refractivity (Wildman–Crippen MR) is 83.8 cm³/mol. The first-order valence-corrected chi connectivity index (χ1v) is 7.49. The minimum absolute atomic E-state index is 0.0979. The van der Waals surface area contributed by atoms with Crippen LogP contribution in [-0.2, 0) is 4.74 Å². The van der Waals surface area contributed by atoms with Gasteiger partial charge in [-0.15, -0.1) is 0 Å². The summed E-state index contributed by atoms with van der Waals surface area (Å²) in [7, 11) is 0. The molecule has 0 spiro atoms. The molecule has 1 aromatic carbocycles. The summed E-state index contributed by atoms with van der Waals surface area (Å²) in [5.74, 6) is -1.06. The molecule has 3 N–H and O–H groups in total. The molecule has 0 bridgehead atoms. The van der Waals surface area contributed by atoms with E-state index in [9.17, 15) is 9.59 Å². The van der Waals surface area contributed by atoms with Gasteiger partial charge >= 0.3 is 12.0 Å². The highest BCUT2D eigenvalue weighted by Gasteiger charge is 2.10. The van der Waals surface area contributed by atoms with E-state index >= 15 is 0 Å². The Labute approximate surface area is 132 Å². The maximum Gasteiger partial charge on any atom is 0.336 e. The van der Waals surface area contributed by atoms with Crippen molar-refractivity contribution in [2.45, 2.75) is 19.8 Å². The van der Waals surface area contributed by atoms with E-state index in [1.165, 1.54) is 6.07 Å². The molecule has 0 aliphatic heterocycles. The van der Waals surface area contributed by atoms with E-state index in [4.69, 9.17) is 9.84 Å². The van der Waals surface area contributed by atoms with E-state index in [1.54, 1.807) is 12.1 Å². The number of nitrogens with one attached hydrogen (secondary N) is 2. The molecular weight excluding hydrogens is 340 g/mol. The Balaban J connectivity index is 2.38. The van der Waals surface area contributed by atoms with E-state index < -0.39 is 5.97 Å². The largest absolute Gasteiger partial charge is 0.478 e. The number of aromatic carboxylic acids is 1. The summed E-state index contributed by atoms with van der Waals surface area (Å²) < 4.78 is 5.76. The molecule has 0 fully saturated rings. The molecule has 7 heteroatoms. The second kappa shape index (κ2) is 9.36. The van der Waals surface area contributed by atoms with Crippen molar-refractivity contribution in [1.29, 1.82) is 0 Å². The summed E-state index contributed by atoms with van der Waals surface area (Å²) in [6, 6.07) is 4.23. The van der Waals surface area contributed by atoms with Gasteiger partial charge in [-0.05, 0) is 47.0 Å². The molecule has 0 heterocycles. The number of carbonyl (C=O) groups is 2. The monoisotopic (exact) mass is 358 g/mol. The lowest BCUT2D eigenvalue weighted by molar-refractivity contribution is 0.0696. The van der Waals surface area contributed by atoms with E-state index in [1.807, 2.05) is 6.92 Å². The van der Waals surface area contributed by atoms with Gasteiger partial charge in [0.25, 0.3) is 0 Å². The van der Waals surface area contributed by atoms with Crippen LogP contribution in [-0.4, -0.2) is 36.9 Å². The predicted octanol–water partition coefficient (Wildman–Crippen LogP) is 3.09. The molecule has 0 aliphatic carbocycles. The summed E-state index contributed by atoms with van der Waals surface area (Å²) in [4.78, 5) is 22.6. The Morgan fingerprint density at radius 3 is 2.76 bits per heavy atom. The number of amides is 2. The zero-order valence-corrected chi connectivity index (χ0v) is 13.4. The van der Waals surface area contributed by atoms with Gasteiger partial charge in [-0.25, -0.2) is 9.59 Å². The molecule has 1 rings (SSSR count). The summed E-state index contributed by atoms with van der Waals surface area (Å²) in [5, 5.41) is 14.3. The standard InChI is InChI=1S/C14H19BrN2O4/c1-2-7-21-8-3-6-16-14(20)17-10-4-5-12(15)11(9-10)13(18)19/h4-5,9H,2-3,6-8H2,1H3,(H,18,19)(H2,16,17,20). The van der Waals surface area contributed by atoms with Crippen LogP contribution in [0.4, 0.5) is 10.5 Å².